The van der Waals surface area contributed by atoms with E-state index in [0.717, 1.165) is 23.1 Å². The molecule has 1 aliphatic heterocycles. The predicted molar refractivity (Wildman–Crippen MR) is 107 cm³/mol. The molecule has 1 aromatic carbocycles. The SMILES string of the molecule is CC1CN(CCNS(=O)(=O)c2csc(-c3ccc(Br)cc3)n2)CC(C)O1. The maximum atomic E-state index is 12.5. The molecule has 1 aromatic heterocycles. The molecular formula is C17H22BrN3O3S2. The second-order valence-corrected chi connectivity index (χ2v) is 9.90. The molecule has 1 aliphatic rings. The summed E-state index contributed by atoms with van der Waals surface area (Å²) in [6, 6.07) is 7.64. The molecule has 26 heavy (non-hydrogen) atoms. The summed E-state index contributed by atoms with van der Waals surface area (Å²) in [5.74, 6) is 0. The number of aromatic nitrogens is 1. The molecule has 6 nitrogen and oxygen atoms in total. The van der Waals surface area contributed by atoms with E-state index in [1.807, 2.05) is 38.1 Å². The minimum Gasteiger partial charge on any atom is -0.373 e. The van der Waals surface area contributed by atoms with E-state index in [0.29, 0.717) is 18.1 Å². The molecule has 0 aliphatic carbocycles. The van der Waals surface area contributed by atoms with Gasteiger partial charge in [0, 0.05) is 41.6 Å². The van der Waals surface area contributed by atoms with Crippen molar-refractivity contribution >= 4 is 37.3 Å². The number of halogens is 1. The summed E-state index contributed by atoms with van der Waals surface area (Å²) >= 11 is 4.71. The quantitative estimate of drug-likeness (QED) is 0.718. The van der Waals surface area contributed by atoms with Gasteiger partial charge in [-0.15, -0.1) is 11.3 Å². The molecule has 1 fully saturated rings. The highest BCUT2D eigenvalue weighted by Crippen LogP contribution is 2.26. The number of nitrogens with zero attached hydrogens (tertiary/aromatic N) is 2. The zero-order valence-corrected chi connectivity index (χ0v) is 17.9. The van der Waals surface area contributed by atoms with Crippen molar-refractivity contribution in [2.45, 2.75) is 31.1 Å². The van der Waals surface area contributed by atoms with Gasteiger partial charge in [-0.3, -0.25) is 4.90 Å². The summed E-state index contributed by atoms with van der Waals surface area (Å²) in [5.41, 5.74) is 0.899. The smallest absolute Gasteiger partial charge is 0.258 e. The number of morpholine rings is 1. The van der Waals surface area contributed by atoms with Gasteiger partial charge in [-0.25, -0.2) is 18.1 Å². The Morgan fingerprint density at radius 3 is 2.58 bits per heavy atom. The maximum Gasteiger partial charge on any atom is 0.258 e. The minimum absolute atomic E-state index is 0.0733. The Hall–Kier alpha value is -0.840. The highest BCUT2D eigenvalue weighted by Gasteiger charge is 2.23. The molecule has 0 bridgehead atoms. The van der Waals surface area contributed by atoms with Crippen molar-refractivity contribution in [2.75, 3.05) is 26.2 Å². The van der Waals surface area contributed by atoms with Gasteiger partial charge in [0.25, 0.3) is 10.0 Å². The van der Waals surface area contributed by atoms with E-state index in [1.54, 1.807) is 5.38 Å². The van der Waals surface area contributed by atoms with Crippen molar-refractivity contribution < 1.29 is 13.2 Å². The molecule has 0 saturated carbocycles. The molecular weight excluding hydrogens is 438 g/mol. The largest absolute Gasteiger partial charge is 0.373 e. The second-order valence-electron chi connectivity index (χ2n) is 6.41. The number of hydrogen-bond acceptors (Lipinski definition) is 6. The monoisotopic (exact) mass is 459 g/mol. The van der Waals surface area contributed by atoms with Gasteiger partial charge in [0.2, 0.25) is 0 Å². The van der Waals surface area contributed by atoms with Crippen LogP contribution in [0, 0.1) is 0 Å². The highest BCUT2D eigenvalue weighted by molar-refractivity contribution is 9.10. The van der Waals surface area contributed by atoms with Crippen LogP contribution in [0.2, 0.25) is 0 Å². The van der Waals surface area contributed by atoms with E-state index in [2.05, 4.69) is 30.5 Å². The Bertz CT molecular complexity index is 829. The third kappa shape index (κ3) is 5.11. The summed E-state index contributed by atoms with van der Waals surface area (Å²) < 4.78 is 34.3. The van der Waals surface area contributed by atoms with Gasteiger partial charge < -0.3 is 4.74 Å². The molecule has 0 radical (unpaired) electrons. The zero-order chi connectivity index (χ0) is 18.7. The number of benzene rings is 1. The lowest BCUT2D eigenvalue weighted by Gasteiger charge is -2.35. The minimum atomic E-state index is -3.60. The van der Waals surface area contributed by atoms with Crippen LogP contribution in [0.1, 0.15) is 13.8 Å². The van der Waals surface area contributed by atoms with Crippen LogP contribution in [0.3, 0.4) is 0 Å². The fraction of sp³-hybridized carbons (Fsp3) is 0.471. The summed E-state index contributed by atoms with van der Waals surface area (Å²) in [5, 5.41) is 2.34. The number of ether oxygens (including phenoxy) is 1. The van der Waals surface area contributed by atoms with E-state index < -0.39 is 10.0 Å². The van der Waals surface area contributed by atoms with Crippen LogP contribution in [0.25, 0.3) is 10.6 Å². The molecule has 3 rings (SSSR count). The third-order valence-corrected chi connectivity index (χ3v) is 6.98. The molecule has 2 unspecified atom stereocenters. The average Bonchev–Trinajstić information content (AvgIpc) is 3.05. The first-order valence-electron chi connectivity index (χ1n) is 8.42. The van der Waals surface area contributed by atoms with Gasteiger partial charge in [-0.2, -0.15) is 0 Å². The number of rotatable bonds is 6. The Morgan fingerprint density at radius 2 is 1.92 bits per heavy atom. The Kier molecular flexibility index (Phi) is 6.47. The van der Waals surface area contributed by atoms with Gasteiger partial charge in [0.15, 0.2) is 5.03 Å². The van der Waals surface area contributed by atoms with Gasteiger partial charge in [0.1, 0.15) is 5.01 Å². The van der Waals surface area contributed by atoms with Crippen LogP contribution in [0.5, 0.6) is 0 Å². The number of thiazole rings is 1. The van der Waals surface area contributed by atoms with Crippen LogP contribution in [-0.2, 0) is 14.8 Å². The average molecular weight is 460 g/mol. The van der Waals surface area contributed by atoms with Crippen LogP contribution < -0.4 is 4.72 Å². The van der Waals surface area contributed by atoms with Gasteiger partial charge in [-0.1, -0.05) is 28.1 Å². The van der Waals surface area contributed by atoms with Crippen molar-refractivity contribution in [1.29, 1.82) is 0 Å². The lowest BCUT2D eigenvalue weighted by molar-refractivity contribution is -0.0671. The Morgan fingerprint density at radius 1 is 1.27 bits per heavy atom. The first kappa shape index (κ1) is 19.9. The molecule has 142 valence electrons. The van der Waals surface area contributed by atoms with Crippen LogP contribution in [0.15, 0.2) is 39.1 Å². The Balaban J connectivity index is 1.59. The summed E-state index contributed by atoms with van der Waals surface area (Å²) in [4.78, 5) is 6.51. The van der Waals surface area contributed by atoms with Crippen molar-refractivity contribution in [3.8, 4) is 10.6 Å². The fourth-order valence-electron chi connectivity index (χ4n) is 2.99. The topological polar surface area (TPSA) is 71.5 Å². The number of hydrogen-bond donors (Lipinski definition) is 1. The normalized spacial score (nSPS) is 21.8. The summed E-state index contributed by atoms with van der Waals surface area (Å²) in [6.07, 6.45) is 0.338. The van der Waals surface area contributed by atoms with Crippen molar-refractivity contribution in [3.05, 3.63) is 34.1 Å². The van der Waals surface area contributed by atoms with Crippen LogP contribution in [0.4, 0.5) is 0 Å². The molecule has 0 spiro atoms. The molecule has 1 saturated heterocycles. The van der Waals surface area contributed by atoms with Crippen LogP contribution >= 0.6 is 27.3 Å². The van der Waals surface area contributed by atoms with E-state index in [-0.39, 0.29) is 17.2 Å². The highest BCUT2D eigenvalue weighted by atomic mass is 79.9. The van der Waals surface area contributed by atoms with E-state index in [9.17, 15) is 8.42 Å². The molecule has 2 aromatic rings. The third-order valence-electron chi connectivity index (χ3n) is 4.06. The fourth-order valence-corrected chi connectivity index (χ4v) is 5.37. The molecule has 9 heteroatoms. The predicted octanol–water partition coefficient (Wildman–Crippen LogP) is 2.96. The molecule has 2 atom stereocenters. The van der Waals surface area contributed by atoms with E-state index >= 15 is 0 Å². The van der Waals surface area contributed by atoms with Gasteiger partial charge in [0.05, 0.1) is 12.2 Å². The lowest BCUT2D eigenvalue weighted by Crippen LogP contribution is -2.47. The van der Waals surface area contributed by atoms with Crippen LogP contribution in [-0.4, -0.2) is 56.7 Å². The van der Waals surface area contributed by atoms with Crippen molar-refractivity contribution in [3.63, 3.8) is 0 Å². The first-order valence-corrected chi connectivity index (χ1v) is 11.6. The maximum absolute atomic E-state index is 12.5. The molecule has 1 N–H and O–H groups in total. The number of sulfonamides is 1. The van der Waals surface area contributed by atoms with Crippen molar-refractivity contribution in [1.82, 2.24) is 14.6 Å². The van der Waals surface area contributed by atoms with E-state index in [1.165, 1.54) is 11.3 Å². The standard InChI is InChI=1S/C17H22BrN3O3S2/c1-12-9-21(10-13(2)24-12)8-7-19-26(22,23)16-11-25-17(20-16)14-3-5-15(18)6-4-14/h3-6,11-13,19H,7-10H2,1-2H3. The second kappa shape index (κ2) is 8.45. The number of nitrogens with one attached hydrogen (secondary N) is 1. The van der Waals surface area contributed by atoms with E-state index in [4.69, 9.17) is 4.74 Å². The lowest BCUT2D eigenvalue weighted by atomic mass is 10.2. The first-order chi connectivity index (χ1) is 12.3. The molecule has 2 heterocycles. The Labute approximate surface area is 166 Å². The van der Waals surface area contributed by atoms with Crippen molar-refractivity contribution in [2.24, 2.45) is 0 Å². The zero-order valence-electron chi connectivity index (χ0n) is 14.7. The summed E-state index contributed by atoms with van der Waals surface area (Å²) in [6.45, 7) is 6.71. The molecule has 0 amide bonds. The van der Waals surface area contributed by atoms with Gasteiger partial charge >= 0.3 is 0 Å². The summed E-state index contributed by atoms with van der Waals surface area (Å²) in [7, 11) is -3.60. The van der Waals surface area contributed by atoms with Gasteiger partial charge in [-0.05, 0) is 26.0 Å².